The minimum absolute atomic E-state index is 0.0396. The Morgan fingerprint density at radius 1 is 1.41 bits per heavy atom. The molecule has 1 amide bonds. The molecular weight excluding hydrogens is 236 g/mol. The second-order valence-electron chi connectivity index (χ2n) is 4.91. The number of carbonyl (C=O) groups is 1. The molecule has 1 aromatic rings. The largest absolute Gasteiger partial charge is 0.309 e. The Bertz CT molecular complexity index is 414. The summed E-state index contributed by atoms with van der Waals surface area (Å²) in [7, 11) is 0. The van der Waals surface area contributed by atoms with Gasteiger partial charge in [-0.3, -0.25) is 4.79 Å². The van der Waals surface area contributed by atoms with E-state index in [4.69, 9.17) is 11.6 Å². The van der Waals surface area contributed by atoms with Crippen LogP contribution in [-0.4, -0.2) is 10.9 Å². The smallest absolute Gasteiger partial charge is 0.231 e. The molecular formula is C13H17ClN2O. The van der Waals surface area contributed by atoms with Gasteiger partial charge < -0.3 is 5.32 Å². The van der Waals surface area contributed by atoms with E-state index >= 15 is 0 Å². The number of nitrogens with one attached hydrogen (secondary N) is 1. The number of carbonyl (C=O) groups excluding carboxylic acids is 1. The van der Waals surface area contributed by atoms with Gasteiger partial charge in [-0.05, 0) is 25.0 Å². The van der Waals surface area contributed by atoms with E-state index in [-0.39, 0.29) is 11.3 Å². The first-order valence-corrected chi connectivity index (χ1v) is 6.42. The number of amides is 1. The van der Waals surface area contributed by atoms with Crippen LogP contribution in [0.2, 0.25) is 5.02 Å². The lowest BCUT2D eigenvalue weighted by molar-refractivity contribution is -0.126. The fourth-order valence-corrected chi connectivity index (χ4v) is 2.46. The van der Waals surface area contributed by atoms with Crippen molar-refractivity contribution in [1.29, 1.82) is 0 Å². The summed E-state index contributed by atoms with van der Waals surface area (Å²) in [6.45, 7) is 2.03. The van der Waals surface area contributed by atoms with Gasteiger partial charge in [0.05, 0.1) is 5.02 Å². The molecule has 2 rings (SSSR count). The predicted molar refractivity (Wildman–Crippen MR) is 69.1 cm³/mol. The number of pyridine rings is 1. The molecule has 0 unspecified atom stereocenters. The van der Waals surface area contributed by atoms with E-state index in [1.165, 1.54) is 6.42 Å². The second-order valence-corrected chi connectivity index (χ2v) is 5.32. The fraction of sp³-hybridized carbons (Fsp3) is 0.538. The highest BCUT2D eigenvalue weighted by Gasteiger charge is 2.34. The van der Waals surface area contributed by atoms with Crippen molar-refractivity contribution in [3.8, 4) is 0 Å². The monoisotopic (exact) mass is 252 g/mol. The molecule has 0 spiro atoms. The summed E-state index contributed by atoms with van der Waals surface area (Å²) >= 11 is 5.98. The molecule has 0 aliphatic heterocycles. The zero-order valence-electron chi connectivity index (χ0n) is 10.0. The summed E-state index contributed by atoms with van der Waals surface area (Å²) in [5.74, 6) is 0.503. The molecule has 1 saturated carbocycles. The minimum Gasteiger partial charge on any atom is -0.309 e. The van der Waals surface area contributed by atoms with Crippen LogP contribution in [0.25, 0.3) is 0 Å². The van der Waals surface area contributed by atoms with E-state index in [1.54, 1.807) is 18.3 Å². The maximum absolute atomic E-state index is 12.2. The van der Waals surface area contributed by atoms with Crippen molar-refractivity contribution in [1.82, 2.24) is 4.98 Å². The van der Waals surface area contributed by atoms with Gasteiger partial charge >= 0.3 is 0 Å². The number of rotatable bonds is 2. The Hall–Kier alpha value is -1.09. The first kappa shape index (κ1) is 12.4. The average molecular weight is 253 g/mol. The molecule has 92 valence electrons. The second kappa shape index (κ2) is 5.05. The van der Waals surface area contributed by atoms with Crippen LogP contribution in [0.5, 0.6) is 0 Å². The summed E-state index contributed by atoms with van der Waals surface area (Å²) in [6.07, 6.45) is 7.00. The summed E-state index contributed by atoms with van der Waals surface area (Å²) in [4.78, 5) is 16.3. The summed E-state index contributed by atoms with van der Waals surface area (Å²) in [5, 5.41) is 3.32. The molecule has 0 saturated heterocycles. The molecule has 0 radical (unpaired) electrons. The molecule has 4 heteroatoms. The highest BCUT2D eigenvalue weighted by molar-refractivity contribution is 6.33. The van der Waals surface area contributed by atoms with Crippen molar-refractivity contribution in [2.45, 2.75) is 39.0 Å². The van der Waals surface area contributed by atoms with Crippen molar-refractivity contribution >= 4 is 23.3 Å². The molecule has 1 aliphatic rings. The molecule has 1 fully saturated rings. The molecule has 1 aromatic heterocycles. The molecule has 3 nitrogen and oxygen atoms in total. The van der Waals surface area contributed by atoms with Gasteiger partial charge in [-0.15, -0.1) is 0 Å². The van der Waals surface area contributed by atoms with Crippen LogP contribution in [0, 0.1) is 5.41 Å². The van der Waals surface area contributed by atoms with Crippen LogP contribution in [-0.2, 0) is 4.79 Å². The lowest BCUT2D eigenvalue weighted by Crippen LogP contribution is -2.35. The first-order valence-electron chi connectivity index (χ1n) is 6.04. The Morgan fingerprint density at radius 3 is 2.76 bits per heavy atom. The third-order valence-electron chi connectivity index (χ3n) is 3.50. The van der Waals surface area contributed by atoms with E-state index in [9.17, 15) is 4.79 Å². The summed E-state index contributed by atoms with van der Waals surface area (Å²) in [6, 6.07) is 3.48. The molecule has 17 heavy (non-hydrogen) atoms. The fourth-order valence-electron chi connectivity index (χ4n) is 2.30. The third-order valence-corrected chi connectivity index (χ3v) is 3.80. The average Bonchev–Trinajstić information content (AvgIpc) is 2.33. The van der Waals surface area contributed by atoms with Crippen LogP contribution < -0.4 is 5.32 Å². The van der Waals surface area contributed by atoms with Gasteiger partial charge in [0.1, 0.15) is 0 Å². The zero-order valence-corrected chi connectivity index (χ0v) is 10.8. The van der Waals surface area contributed by atoms with E-state index < -0.39 is 0 Å². The number of hydrogen-bond acceptors (Lipinski definition) is 2. The molecule has 1 heterocycles. The Morgan fingerprint density at radius 2 is 2.12 bits per heavy atom. The quantitative estimate of drug-likeness (QED) is 0.873. The molecule has 0 atom stereocenters. The van der Waals surface area contributed by atoms with Crippen LogP contribution >= 0.6 is 11.6 Å². The van der Waals surface area contributed by atoms with Gasteiger partial charge in [0.25, 0.3) is 0 Å². The molecule has 0 aromatic carbocycles. The number of aromatic nitrogens is 1. The Labute approximate surface area is 107 Å². The number of halogens is 1. The lowest BCUT2D eigenvalue weighted by atomic mass is 9.75. The minimum atomic E-state index is -0.265. The lowest BCUT2D eigenvalue weighted by Gasteiger charge is -2.31. The normalized spacial score (nSPS) is 18.7. The van der Waals surface area contributed by atoms with Crippen molar-refractivity contribution in [3.05, 3.63) is 23.4 Å². The van der Waals surface area contributed by atoms with E-state index in [0.717, 1.165) is 25.7 Å². The molecule has 1 N–H and O–H groups in total. The van der Waals surface area contributed by atoms with Gasteiger partial charge in [0.15, 0.2) is 5.82 Å². The predicted octanol–water partition coefficient (Wildman–Crippen LogP) is 3.64. The van der Waals surface area contributed by atoms with E-state index in [1.807, 2.05) is 6.92 Å². The van der Waals surface area contributed by atoms with E-state index in [0.29, 0.717) is 10.8 Å². The van der Waals surface area contributed by atoms with E-state index in [2.05, 4.69) is 10.3 Å². The van der Waals surface area contributed by atoms with Gasteiger partial charge in [-0.25, -0.2) is 4.98 Å². The van der Waals surface area contributed by atoms with Crippen LogP contribution in [0.4, 0.5) is 5.82 Å². The molecule has 1 aliphatic carbocycles. The third kappa shape index (κ3) is 2.78. The summed E-state index contributed by atoms with van der Waals surface area (Å²) < 4.78 is 0. The number of hydrogen-bond donors (Lipinski definition) is 1. The SMILES string of the molecule is CC1(C(=O)Nc2ncccc2Cl)CCCCC1. The van der Waals surface area contributed by atoms with Gasteiger partial charge in [0.2, 0.25) is 5.91 Å². The van der Waals surface area contributed by atoms with Crippen molar-refractivity contribution in [2.24, 2.45) is 5.41 Å². The van der Waals surface area contributed by atoms with Gasteiger partial charge in [-0.1, -0.05) is 37.8 Å². The first-order chi connectivity index (χ1) is 8.12. The zero-order chi connectivity index (χ0) is 12.3. The van der Waals surface area contributed by atoms with Crippen LogP contribution in [0.1, 0.15) is 39.0 Å². The highest BCUT2D eigenvalue weighted by atomic mass is 35.5. The van der Waals surface area contributed by atoms with Crippen molar-refractivity contribution in [2.75, 3.05) is 5.32 Å². The highest BCUT2D eigenvalue weighted by Crippen LogP contribution is 2.37. The van der Waals surface area contributed by atoms with Gasteiger partial charge in [0, 0.05) is 11.6 Å². The maximum Gasteiger partial charge on any atom is 0.231 e. The number of anilines is 1. The molecule has 0 bridgehead atoms. The van der Waals surface area contributed by atoms with Crippen LogP contribution in [0.3, 0.4) is 0 Å². The summed E-state index contributed by atoms with van der Waals surface area (Å²) in [5.41, 5.74) is -0.265. The van der Waals surface area contributed by atoms with Crippen LogP contribution in [0.15, 0.2) is 18.3 Å². The topological polar surface area (TPSA) is 42.0 Å². The van der Waals surface area contributed by atoms with Crippen molar-refractivity contribution < 1.29 is 4.79 Å². The van der Waals surface area contributed by atoms with Crippen molar-refractivity contribution in [3.63, 3.8) is 0 Å². The maximum atomic E-state index is 12.2. The van der Waals surface area contributed by atoms with Gasteiger partial charge in [-0.2, -0.15) is 0 Å². The Kier molecular flexibility index (Phi) is 3.67. The number of nitrogens with zero attached hydrogens (tertiary/aromatic N) is 1. The standard InChI is InChI=1S/C13H17ClN2O/c1-13(7-3-2-4-8-13)12(17)16-11-10(14)6-5-9-15-11/h5-6,9H,2-4,7-8H2,1H3,(H,15,16,17). The Balaban J connectivity index is 2.08.